The van der Waals surface area contributed by atoms with Crippen molar-refractivity contribution in [2.45, 2.75) is 46.5 Å². The van der Waals surface area contributed by atoms with Gasteiger partial charge in [-0.2, -0.15) is 0 Å². The maximum atomic E-state index is 5.09. The molecule has 0 radical (unpaired) electrons. The van der Waals surface area contributed by atoms with Gasteiger partial charge < -0.3 is 0 Å². The average molecular weight is 450 g/mol. The summed E-state index contributed by atoms with van der Waals surface area (Å²) in [6.45, 7) is 11.4. The van der Waals surface area contributed by atoms with Crippen molar-refractivity contribution >= 4 is 32.3 Å². The fraction of sp³-hybridized carbons (Fsp3) is 0.258. The third-order valence-corrected chi connectivity index (χ3v) is 7.22. The smallest absolute Gasteiger partial charge is 0.0823 e. The van der Waals surface area contributed by atoms with E-state index >= 15 is 0 Å². The molecule has 0 fully saturated rings. The van der Waals surface area contributed by atoms with Crippen LogP contribution < -0.4 is 0 Å². The lowest BCUT2D eigenvalue weighted by molar-refractivity contribution is 0.596. The highest BCUT2D eigenvalue weighted by atomic mass is 32.1. The topological polar surface area (TPSA) is 12.9 Å². The highest BCUT2D eigenvalue weighted by molar-refractivity contribution is 7.17. The molecular weight excluding hydrogens is 418 g/mol. The first-order chi connectivity index (χ1) is 15.8. The zero-order chi connectivity index (χ0) is 23.2. The summed E-state index contributed by atoms with van der Waals surface area (Å²) in [5.74, 6) is 0.664. The van der Waals surface area contributed by atoms with Crippen LogP contribution in [0.15, 0.2) is 78.2 Å². The van der Waals surface area contributed by atoms with Gasteiger partial charge in [-0.1, -0.05) is 83.1 Å². The summed E-state index contributed by atoms with van der Waals surface area (Å²) in [5, 5.41) is 4.75. The molecule has 0 aliphatic carbocycles. The van der Waals surface area contributed by atoms with Crippen LogP contribution in [0.25, 0.3) is 43.4 Å². The van der Waals surface area contributed by atoms with Crippen LogP contribution in [-0.2, 0) is 11.8 Å². The lowest BCUT2D eigenvalue weighted by Gasteiger charge is -2.23. The van der Waals surface area contributed by atoms with Crippen molar-refractivity contribution in [3.8, 4) is 22.4 Å². The van der Waals surface area contributed by atoms with E-state index in [0.29, 0.717) is 5.92 Å². The van der Waals surface area contributed by atoms with Crippen molar-refractivity contribution in [2.24, 2.45) is 5.92 Å². The molecule has 3 aromatic carbocycles. The summed E-state index contributed by atoms with van der Waals surface area (Å²) in [4.78, 5) is 5.09. The normalized spacial score (nSPS) is 12.2. The van der Waals surface area contributed by atoms with Gasteiger partial charge in [-0.25, -0.2) is 4.98 Å². The molecule has 0 bridgehead atoms. The molecule has 0 aliphatic rings. The van der Waals surface area contributed by atoms with Crippen LogP contribution in [0.4, 0.5) is 0 Å². The summed E-state index contributed by atoms with van der Waals surface area (Å²) >= 11 is 1.77. The Kier molecular flexibility index (Phi) is 5.58. The molecule has 0 aliphatic heterocycles. The molecule has 0 saturated heterocycles. The number of rotatable bonds is 4. The van der Waals surface area contributed by atoms with E-state index in [0.717, 1.165) is 17.6 Å². The van der Waals surface area contributed by atoms with E-state index in [4.69, 9.17) is 4.98 Å². The Labute approximate surface area is 201 Å². The van der Waals surface area contributed by atoms with E-state index in [1.807, 2.05) is 0 Å². The van der Waals surface area contributed by atoms with Crippen molar-refractivity contribution < 1.29 is 0 Å². The molecule has 2 aromatic heterocycles. The Morgan fingerprint density at radius 3 is 2.33 bits per heavy atom. The lowest BCUT2D eigenvalue weighted by Crippen LogP contribution is -2.12. The molecule has 5 aromatic rings. The van der Waals surface area contributed by atoms with Crippen LogP contribution in [0.3, 0.4) is 0 Å². The first kappa shape index (κ1) is 21.9. The number of hydrogen-bond donors (Lipinski definition) is 0. The van der Waals surface area contributed by atoms with Gasteiger partial charge in [-0.3, -0.25) is 0 Å². The number of benzene rings is 3. The number of pyridine rings is 1. The molecule has 5 rings (SSSR count). The van der Waals surface area contributed by atoms with E-state index in [9.17, 15) is 0 Å². The van der Waals surface area contributed by atoms with Gasteiger partial charge >= 0.3 is 0 Å². The Bertz CT molecular complexity index is 1430. The Balaban J connectivity index is 1.69. The quantitative estimate of drug-likeness (QED) is 0.266. The minimum atomic E-state index is 0.0527. The molecule has 2 heterocycles. The van der Waals surface area contributed by atoms with Crippen LogP contribution in [0.5, 0.6) is 0 Å². The summed E-state index contributed by atoms with van der Waals surface area (Å²) in [6.07, 6.45) is 1.11. The van der Waals surface area contributed by atoms with Crippen LogP contribution in [0.1, 0.15) is 45.7 Å². The molecule has 0 amide bonds. The molecule has 1 nitrogen and oxygen atoms in total. The second-order valence-electron chi connectivity index (χ2n) is 10.5. The van der Waals surface area contributed by atoms with Crippen LogP contribution in [0.2, 0.25) is 0 Å². The van der Waals surface area contributed by atoms with Gasteiger partial charge in [-0.15, -0.1) is 11.3 Å². The maximum Gasteiger partial charge on any atom is 0.0823 e. The standard InChI is InChI=1S/C31H31NS/c1-20(2)16-21-10-12-22(13-11-21)26-19-29(32-28-14-15-33-30(26)28)24-17-23-8-6-7-9-25(23)27(18-24)31(3,4)5/h6-15,17-20H,16H2,1-5H3. The third kappa shape index (κ3) is 4.32. The van der Waals surface area contributed by atoms with Crippen LogP contribution in [0, 0.1) is 5.92 Å². The molecular formula is C31H31NS. The SMILES string of the molecule is CC(C)Cc1ccc(-c2cc(-c3cc(C(C)(C)C)c4ccccc4c3)nc3ccsc23)cc1. The van der Waals surface area contributed by atoms with Gasteiger partial charge in [-0.05, 0) is 74.9 Å². The van der Waals surface area contributed by atoms with Crippen molar-refractivity contribution in [1.29, 1.82) is 0 Å². The second kappa shape index (κ2) is 8.43. The molecule has 0 N–H and O–H groups in total. The third-order valence-electron chi connectivity index (χ3n) is 6.29. The van der Waals surface area contributed by atoms with E-state index in [2.05, 4.69) is 113 Å². The predicted octanol–water partition coefficient (Wildman–Crippen LogP) is 9.28. The van der Waals surface area contributed by atoms with Gasteiger partial charge in [0, 0.05) is 11.1 Å². The second-order valence-corrected chi connectivity index (χ2v) is 11.4. The molecule has 0 unspecified atom stereocenters. The zero-order valence-corrected chi connectivity index (χ0v) is 21.0. The number of thiophene rings is 1. The Morgan fingerprint density at radius 2 is 1.61 bits per heavy atom. The van der Waals surface area contributed by atoms with Gasteiger partial charge in [0.25, 0.3) is 0 Å². The van der Waals surface area contributed by atoms with Gasteiger partial charge in [0.1, 0.15) is 0 Å². The summed E-state index contributed by atoms with van der Waals surface area (Å²) in [5.41, 5.74) is 8.64. The number of aromatic nitrogens is 1. The first-order valence-corrected chi connectivity index (χ1v) is 12.7. The summed E-state index contributed by atoms with van der Waals surface area (Å²) in [6, 6.07) is 26.9. The van der Waals surface area contributed by atoms with Crippen molar-refractivity contribution in [2.75, 3.05) is 0 Å². The van der Waals surface area contributed by atoms with Crippen molar-refractivity contribution in [3.05, 3.63) is 89.3 Å². The Morgan fingerprint density at radius 1 is 0.848 bits per heavy atom. The molecule has 0 atom stereocenters. The molecule has 33 heavy (non-hydrogen) atoms. The molecule has 166 valence electrons. The Hall–Kier alpha value is -2.97. The van der Waals surface area contributed by atoms with Gasteiger partial charge in [0.05, 0.1) is 15.9 Å². The summed E-state index contributed by atoms with van der Waals surface area (Å²) < 4.78 is 1.26. The monoisotopic (exact) mass is 449 g/mol. The van der Waals surface area contributed by atoms with E-state index in [-0.39, 0.29) is 5.41 Å². The van der Waals surface area contributed by atoms with E-state index in [1.54, 1.807) is 11.3 Å². The minimum absolute atomic E-state index is 0.0527. The maximum absolute atomic E-state index is 5.09. The van der Waals surface area contributed by atoms with Crippen molar-refractivity contribution in [1.82, 2.24) is 4.98 Å². The van der Waals surface area contributed by atoms with Gasteiger partial charge in [0.15, 0.2) is 0 Å². The van der Waals surface area contributed by atoms with Crippen LogP contribution >= 0.6 is 11.3 Å². The van der Waals surface area contributed by atoms with Gasteiger partial charge in [0.2, 0.25) is 0 Å². The highest BCUT2D eigenvalue weighted by Crippen LogP contribution is 2.38. The minimum Gasteiger partial charge on any atom is -0.247 e. The van der Waals surface area contributed by atoms with Crippen LogP contribution in [-0.4, -0.2) is 4.98 Å². The largest absolute Gasteiger partial charge is 0.247 e. The van der Waals surface area contributed by atoms with Crippen molar-refractivity contribution in [3.63, 3.8) is 0 Å². The lowest BCUT2D eigenvalue weighted by atomic mass is 9.82. The predicted molar refractivity (Wildman–Crippen MR) is 145 cm³/mol. The first-order valence-electron chi connectivity index (χ1n) is 11.8. The molecule has 0 saturated carbocycles. The fourth-order valence-corrected chi connectivity index (χ4v) is 5.56. The fourth-order valence-electron chi connectivity index (χ4n) is 4.69. The average Bonchev–Trinajstić information content (AvgIpc) is 3.26. The summed E-state index contributed by atoms with van der Waals surface area (Å²) in [7, 11) is 0. The molecule has 0 spiro atoms. The zero-order valence-electron chi connectivity index (χ0n) is 20.1. The number of fused-ring (bicyclic) bond motifs is 2. The van der Waals surface area contributed by atoms with E-state index in [1.165, 1.54) is 43.3 Å². The number of hydrogen-bond acceptors (Lipinski definition) is 2. The number of nitrogens with zero attached hydrogens (tertiary/aromatic N) is 1. The highest BCUT2D eigenvalue weighted by Gasteiger charge is 2.19. The molecule has 2 heteroatoms. The van der Waals surface area contributed by atoms with E-state index < -0.39 is 0 Å².